The molecule has 2 rings (SSSR count). The van der Waals surface area contributed by atoms with Crippen LogP contribution < -0.4 is 10.1 Å². The Morgan fingerprint density at radius 3 is 2.86 bits per heavy atom. The van der Waals surface area contributed by atoms with Gasteiger partial charge in [-0.15, -0.1) is 0 Å². The first-order valence-electron chi connectivity index (χ1n) is 7.90. The van der Waals surface area contributed by atoms with E-state index >= 15 is 0 Å². The number of methoxy groups -OCH3 is 1. The molecular weight excluding hydrogens is 264 g/mol. The molecule has 0 aromatic heterocycles. The fourth-order valence-electron chi connectivity index (χ4n) is 2.20. The van der Waals surface area contributed by atoms with Gasteiger partial charge in [0.25, 0.3) is 0 Å². The fourth-order valence-corrected chi connectivity index (χ4v) is 2.20. The molecule has 1 aromatic carbocycles. The van der Waals surface area contributed by atoms with Crippen LogP contribution in [-0.4, -0.2) is 51.4 Å². The average molecular weight is 292 g/mol. The third kappa shape index (κ3) is 6.93. The molecule has 0 saturated heterocycles. The number of nitrogens with zero attached hydrogens (tertiary/aromatic N) is 1. The van der Waals surface area contributed by atoms with Gasteiger partial charge in [0.05, 0.1) is 0 Å². The van der Waals surface area contributed by atoms with Crippen LogP contribution in [0.3, 0.4) is 0 Å². The van der Waals surface area contributed by atoms with Gasteiger partial charge < -0.3 is 19.7 Å². The molecule has 1 aromatic rings. The second kappa shape index (κ2) is 9.03. The molecule has 0 atom stereocenters. The van der Waals surface area contributed by atoms with Crippen LogP contribution in [0.25, 0.3) is 0 Å². The summed E-state index contributed by atoms with van der Waals surface area (Å²) in [5.74, 6) is 0.968. The molecule has 0 radical (unpaired) electrons. The molecular formula is C17H28N2O2. The molecule has 1 aliphatic carbocycles. The van der Waals surface area contributed by atoms with Crippen molar-refractivity contribution >= 4 is 0 Å². The third-order valence-corrected chi connectivity index (χ3v) is 3.70. The second-order valence-electron chi connectivity index (χ2n) is 5.80. The molecule has 0 spiro atoms. The van der Waals surface area contributed by atoms with Gasteiger partial charge in [-0.2, -0.15) is 0 Å². The van der Waals surface area contributed by atoms with Crippen LogP contribution in [0.15, 0.2) is 24.3 Å². The van der Waals surface area contributed by atoms with Crippen molar-refractivity contribution in [3.05, 3.63) is 29.8 Å². The highest BCUT2D eigenvalue weighted by Crippen LogP contribution is 2.20. The van der Waals surface area contributed by atoms with Gasteiger partial charge in [0.2, 0.25) is 0 Å². The molecule has 21 heavy (non-hydrogen) atoms. The largest absolute Gasteiger partial charge is 0.492 e. The summed E-state index contributed by atoms with van der Waals surface area (Å²) in [6.45, 7) is 4.47. The Balaban J connectivity index is 1.63. The van der Waals surface area contributed by atoms with Crippen LogP contribution in [0.4, 0.5) is 0 Å². The van der Waals surface area contributed by atoms with Crippen LogP contribution >= 0.6 is 0 Å². The van der Waals surface area contributed by atoms with E-state index in [1.165, 1.54) is 18.4 Å². The van der Waals surface area contributed by atoms with Gasteiger partial charge in [0.1, 0.15) is 12.4 Å². The van der Waals surface area contributed by atoms with E-state index in [9.17, 15) is 0 Å². The van der Waals surface area contributed by atoms with E-state index in [-0.39, 0.29) is 0 Å². The van der Waals surface area contributed by atoms with Crippen molar-refractivity contribution < 1.29 is 9.47 Å². The highest BCUT2D eigenvalue weighted by atomic mass is 16.5. The van der Waals surface area contributed by atoms with Crippen molar-refractivity contribution in [2.24, 2.45) is 0 Å². The predicted octanol–water partition coefficient (Wildman–Crippen LogP) is 2.29. The van der Waals surface area contributed by atoms with Gasteiger partial charge in [-0.05, 0) is 44.0 Å². The van der Waals surface area contributed by atoms with Crippen molar-refractivity contribution in [2.75, 3.05) is 40.5 Å². The second-order valence-corrected chi connectivity index (χ2v) is 5.80. The molecule has 0 bridgehead atoms. The first-order chi connectivity index (χ1) is 10.3. The zero-order valence-electron chi connectivity index (χ0n) is 13.3. The van der Waals surface area contributed by atoms with Crippen LogP contribution in [-0.2, 0) is 11.3 Å². The van der Waals surface area contributed by atoms with Crippen molar-refractivity contribution in [1.82, 2.24) is 10.2 Å². The Morgan fingerprint density at radius 1 is 1.24 bits per heavy atom. The average Bonchev–Trinajstić information content (AvgIpc) is 3.30. The first-order valence-corrected chi connectivity index (χ1v) is 7.90. The first kappa shape index (κ1) is 16.3. The normalized spacial score (nSPS) is 14.6. The van der Waals surface area contributed by atoms with Gasteiger partial charge in [-0.1, -0.05) is 12.1 Å². The lowest BCUT2D eigenvalue weighted by molar-refractivity contribution is 0.172. The van der Waals surface area contributed by atoms with Crippen molar-refractivity contribution in [3.63, 3.8) is 0 Å². The van der Waals surface area contributed by atoms with Gasteiger partial charge >= 0.3 is 0 Å². The Bertz CT molecular complexity index is 408. The summed E-state index contributed by atoms with van der Waals surface area (Å²) in [5.41, 5.74) is 1.30. The maximum Gasteiger partial charge on any atom is 0.119 e. The molecule has 0 aliphatic heterocycles. The molecule has 0 amide bonds. The Kier molecular flexibility index (Phi) is 7.00. The van der Waals surface area contributed by atoms with Crippen molar-refractivity contribution in [1.29, 1.82) is 0 Å². The summed E-state index contributed by atoms with van der Waals surface area (Å²) in [6, 6.07) is 9.14. The number of hydrogen-bond donors (Lipinski definition) is 1. The lowest BCUT2D eigenvalue weighted by Gasteiger charge is -2.16. The molecule has 1 aliphatic rings. The Morgan fingerprint density at radius 2 is 2.10 bits per heavy atom. The van der Waals surface area contributed by atoms with E-state index in [1.807, 2.05) is 6.07 Å². The van der Waals surface area contributed by atoms with Gasteiger partial charge in [0.15, 0.2) is 0 Å². The molecule has 4 heteroatoms. The summed E-state index contributed by atoms with van der Waals surface area (Å²) < 4.78 is 10.9. The van der Waals surface area contributed by atoms with Crippen LogP contribution in [0.5, 0.6) is 5.75 Å². The maximum absolute atomic E-state index is 5.85. The highest BCUT2D eigenvalue weighted by Gasteiger charge is 2.19. The maximum atomic E-state index is 5.85. The number of rotatable bonds is 11. The molecule has 0 heterocycles. The van der Waals surface area contributed by atoms with Crippen molar-refractivity contribution in [3.8, 4) is 5.75 Å². The van der Waals surface area contributed by atoms with E-state index in [0.717, 1.165) is 51.1 Å². The molecule has 118 valence electrons. The lowest BCUT2D eigenvalue weighted by atomic mass is 10.2. The van der Waals surface area contributed by atoms with Crippen LogP contribution in [0.1, 0.15) is 24.8 Å². The fraction of sp³-hybridized carbons (Fsp3) is 0.647. The minimum absolute atomic E-state index is 0.725. The number of nitrogens with one attached hydrogen (secondary N) is 1. The third-order valence-electron chi connectivity index (χ3n) is 3.70. The number of hydrogen-bond acceptors (Lipinski definition) is 4. The molecule has 1 saturated carbocycles. The molecule has 0 unspecified atom stereocenters. The van der Waals surface area contributed by atoms with Crippen LogP contribution in [0, 0.1) is 0 Å². The van der Waals surface area contributed by atoms with E-state index < -0.39 is 0 Å². The van der Waals surface area contributed by atoms with Gasteiger partial charge in [-0.25, -0.2) is 0 Å². The van der Waals surface area contributed by atoms with Gasteiger partial charge in [0, 0.05) is 39.4 Å². The number of benzene rings is 1. The minimum Gasteiger partial charge on any atom is -0.492 e. The van der Waals surface area contributed by atoms with E-state index in [4.69, 9.17) is 9.47 Å². The standard InChI is InChI=1S/C17H28N2O2/c1-19(9-4-11-20-2)10-12-21-17-6-3-5-15(13-17)14-18-16-7-8-16/h3,5-6,13,16,18H,4,7-12,14H2,1-2H3. The predicted molar refractivity (Wildman–Crippen MR) is 85.8 cm³/mol. The zero-order valence-corrected chi connectivity index (χ0v) is 13.3. The number of likely N-dealkylation sites (N-methyl/N-ethyl adjacent to an activating group) is 1. The summed E-state index contributed by atoms with van der Waals surface area (Å²) in [6.07, 6.45) is 3.71. The lowest BCUT2D eigenvalue weighted by Crippen LogP contribution is -2.26. The molecule has 1 N–H and O–H groups in total. The quantitative estimate of drug-likeness (QED) is 0.635. The highest BCUT2D eigenvalue weighted by molar-refractivity contribution is 5.28. The van der Waals surface area contributed by atoms with E-state index in [1.54, 1.807) is 7.11 Å². The summed E-state index contributed by atoms with van der Waals surface area (Å²) in [7, 11) is 3.86. The molecule has 4 nitrogen and oxygen atoms in total. The van der Waals surface area contributed by atoms with Crippen LogP contribution in [0.2, 0.25) is 0 Å². The van der Waals surface area contributed by atoms with E-state index in [2.05, 4.69) is 35.5 Å². The SMILES string of the molecule is COCCCN(C)CCOc1cccc(CNC2CC2)c1. The van der Waals surface area contributed by atoms with Gasteiger partial charge in [-0.3, -0.25) is 0 Å². The smallest absolute Gasteiger partial charge is 0.119 e. The summed E-state index contributed by atoms with van der Waals surface area (Å²) >= 11 is 0. The monoisotopic (exact) mass is 292 g/mol. The topological polar surface area (TPSA) is 33.7 Å². The summed E-state index contributed by atoms with van der Waals surface area (Å²) in [5, 5.41) is 3.53. The Hall–Kier alpha value is -1.10. The summed E-state index contributed by atoms with van der Waals surface area (Å²) in [4.78, 5) is 2.28. The minimum atomic E-state index is 0.725. The number of ether oxygens (including phenoxy) is 2. The Labute approximate surface area is 128 Å². The zero-order chi connectivity index (χ0) is 14.9. The van der Waals surface area contributed by atoms with E-state index in [0.29, 0.717) is 0 Å². The van der Waals surface area contributed by atoms with Crippen molar-refractivity contribution in [2.45, 2.75) is 31.8 Å². The molecule has 1 fully saturated rings.